The number of aryl methyl sites for hydroxylation is 1. The van der Waals surface area contributed by atoms with Crippen molar-refractivity contribution in [2.45, 2.75) is 40.0 Å². The first-order valence-electron chi connectivity index (χ1n) is 11.4. The van der Waals surface area contributed by atoms with E-state index in [0.29, 0.717) is 25.6 Å². The highest BCUT2D eigenvalue weighted by Gasteiger charge is 2.26. The summed E-state index contributed by atoms with van der Waals surface area (Å²) in [6.07, 6.45) is 14.2. The number of ketones is 1. The van der Waals surface area contributed by atoms with Gasteiger partial charge in [0.05, 0.1) is 12.3 Å². The monoisotopic (exact) mass is 434 g/mol. The number of amides is 1. The zero-order valence-electron chi connectivity index (χ0n) is 19.4. The molecule has 32 heavy (non-hydrogen) atoms. The molecule has 1 atom stereocenters. The van der Waals surface area contributed by atoms with Crippen LogP contribution in [0.1, 0.15) is 39.2 Å². The van der Waals surface area contributed by atoms with Gasteiger partial charge in [-0.2, -0.15) is 0 Å². The predicted octanol–water partition coefficient (Wildman–Crippen LogP) is 4.81. The molecule has 0 N–H and O–H groups in total. The van der Waals surface area contributed by atoms with Gasteiger partial charge in [-0.05, 0) is 62.5 Å². The van der Waals surface area contributed by atoms with E-state index in [0.717, 1.165) is 54.9 Å². The van der Waals surface area contributed by atoms with Crippen molar-refractivity contribution in [3.8, 4) is 0 Å². The molecule has 1 saturated heterocycles. The molecule has 5 nitrogen and oxygen atoms in total. The van der Waals surface area contributed by atoms with E-state index in [1.54, 1.807) is 11.8 Å². The Labute approximate surface area is 191 Å². The van der Waals surface area contributed by atoms with Gasteiger partial charge in [-0.3, -0.25) is 9.59 Å². The van der Waals surface area contributed by atoms with Crippen LogP contribution in [0, 0.1) is 5.92 Å². The number of nitrogens with zero attached hydrogens (tertiary/aromatic N) is 2. The minimum absolute atomic E-state index is 0.144. The third-order valence-electron chi connectivity index (χ3n) is 5.84. The molecule has 0 aliphatic carbocycles. The van der Waals surface area contributed by atoms with Gasteiger partial charge in [0.15, 0.2) is 0 Å². The summed E-state index contributed by atoms with van der Waals surface area (Å²) in [6, 6.07) is 8.00. The standard InChI is InChI=1S/C27H34N2O3/c1-4-25-10-5-6-11-27(25)28(20-30)13-12-26-17-24(19-29(26)18-21(2)31)16-23-9-7-8-14-32-22(3)15-23/h5-8,10-12,15-16,20,24H,4,9,13-14,17-19H2,1-3H3/b8-7-,22-15+,23-16?,26-12+. The van der Waals surface area contributed by atoms with Crippen LogP contribution in [0.2, 0.25) is 0 Å². The van der Waals surface area contributed by atoms with E-state index in [4.69, 9.17) is 4.74 Å². The fourth-order valence-corrected chi connectivity index (χ4v) is 4.36. The second-order valence-electron chi connectivity index (χ2n) is 8.47. The minimum Gasteiger partial charge on any atom is -0.494 e. The van der Waals surface area contributed by atoms with Crippen LogP contribution in [-0.4, -0.2) is 43.3 Å². The molecule has 2 heterocycles. The molecule has 0 bridgehead atoms. The first-order valence-corrected chi connectivity index (χ1v) is 11.4. The van der Waals surface area contributed by atoms with Crippen LogP contribution in [0.25, 0.3) is 0 Å². The maximum absolute atomic E-state index is 11.9. The summed E-state index contributed by atoms with van der Waals surface area (Å²) in [6.45, 7) is 8.01. The van der Waals surface area contributed by atoms with Gasteiger partial charge in [-0.15, -0.1) is 0 Å². The molecule has 2 aliphatic heterocycles. The summed E-state index contributed by atoms with van der Waals surface area (Å²) in [5.41, 5.74) is 4.45. The SMILES string of the molecule is CCc1ccccc1N(C=O)C/C=C1\CC(C=C2/C=C(\C)OC/C=C\C2)CN1CC(C)=O. The van der Waals surface area contributed by atoms with E-state index in [1.807, 2.05) is 25.1 Å². The van der Waals surface area contributed by atoms with Crippen LogP contribution in [0.3, 0.4) is 0 Å². The number of carbonyl (C=O) groups is 2. The van der Waals surface area contributed by atoms with E-state index < -0.39 is 0 Å². The number of carbonyl (C=O) groups excluding carboxylic acids is 2. The molecule has 0 aromatic heterocycles. The lowest BCUT2D eigenvalue weighted by Gasteiger charge is -2.22. The fraction of sp³-hybridized carbons (Fsp3) is 0.407. The number of likely N-dealkylation sites (tertiary alicyclic amines) is 1. The van der Waals surface area contributed by atoms with Crippen LogP contribution in [0.4, 0.5) is 5.69 Å². The number of ether oxygens (including phenoxy) is 1. The number of hydrogen-bond acceptors (Lipinski definition) is 4. The van der Waals surface area contributed by atoms with Crippen LogP contribution >= 0.6 is 0 Å². The highest BCUT2D eigenvalue weighted by atomic mass is 16.5. The van der Waals surface area contributed by atoms with Crippen molar-refractivity contribution in [1.29, 1.82) is 0 Å². The number of hydrogen-bond donors (Lipinski definition) is 0. The van der Waals surface area contributed by atoms with E-state index in [-0.39, 0.29) is 5.78 Å². The Morgan fingerprint density at radius 2 is 2.09 bits per heavy atom. The van der Waals surface area contributed by atoms with Crippen LogP contribution in [0.5, 0.6) is 0 Å². The van der Waals surface area contributed by atoms with Crippen molar-refractivity contribution >= 4 is 17.9 Å². The molecule has 1 fully saturated rings. The minimum atomic E-state index is 0.144. The van der Waals surface area contributed by atoms with E-state index >= 15 is 0 Å². The van der Waals surface area contributed by atoms with E-state index in [1.165, 1.54) is 5.57 Å². The van der Waals surface area contributed by atoms with Crippen molar-refractivity contribution in [2.24, 2.45) is 5.92 Å². The van der Waals surface area contributed by atoms with Gasteiger partial charge in [0, 0.05) is 30.4 Å². The summed E-state index contributed by atoms with van der Waals surface area (Å²) < 4.78 is 5.64. The summed E-state index contributed by atoms with van der Waals surface area (Å²) >= 11 is 0. The molecule has 0 spiro atoms. The number of Topliss-reactive ketones (excluding diaryl/α,β-unsaturated/α-hetero) is 1. The van der Waals surface area contributed by atoms with Gasteiger partial charge in [0.1, 0.15) is 12.4 Å². The van der Waals surface area contributed by atoms with Crippen LogP contribution in [-0.2, 0) is 20.7 Å². The second-order valence-corrected chi connectivity index (χ2v) is 8.47. The highest BCUT2D eigenvalue weighted by Crippen LogP contribution is 2.30. The Kier molecular flexibility index (Phi) is 8.48. The topological polar surface area (TPSA) is 49.9 Å². The number of rotatable bonds is 8. The largest absolute Gasteiger partial charge is 0.494 e. The van der Waals surface area contributed by atoms with Crippen molar-refractivity contribution < 1.29 is 14.3 Å². The van der Waals surface area contributed by atoms with Crippen molar-refractivity contribution in [3.05, 3.63) is 77.2 Å². The smallest absolute Gasteiger partial charge is 0.214 e. The number of allylic oxidation sites excluding steroid dienone is 5. The predicted molar refractivity (Wildman–Crippen MR) is 129 cm³/mol. The molecular formula is C27H34N2O3. The molecule has 1 aromatic carbocycles. The molecule has 0 saturated carbocycles. The first kappa shape index (κ1) is 23.6. The Morgan fingerprint density at radius 1 is 1.28 bits per heavy atom. The van der Waals surface area contributed by atoms with Crippen molar-refractivity contribution in [2.75, 3.05) is 31.1 Å². The molecule has 3 rings (SSSR count). The third-order valence-corrected chi connectivity index (χ3v) is 5.84. The lowest BCUT2D eigenvalue weighted by molar-refractivity contribution is -0.117. The Morgan fingerprint density at radius 3 is 2.84 bits per heavy atom. The van der Waals surface area contributed by atoms with Crippen molar-refractivity contribution in [1.82, 2.24) is 4.90 Å². The maximum atomic E-state index is 11.9. The average molecular weight is 435 g/mol. The van der Waals surface area contributed by atoms with E-state index in [2.05, 4.69) is 48.3 Å². The molecule has 170 valence electrons. The Hall–Kier alpha value is -3.08. The maximum Gasteiger partial charge on any atom is 0.214 e. The van der Waals surface area contributed by atoms with Gasteiger partial charge >= 0.3 is 0 Å². The third kappa shape index (κ3) is 6.46. The molecule has 2 aliphatic rings. The number of benzene rings is 1. The summed E-state index contributed by atoms with van der Waals surface area (Å²) in [7, 11) is 0. The molecule has 0 radical (unpaired) electrons. The summed E-state index contributed by atoms with van der Waals surface area (Å²) in [5.74, 6) is 1.39. The summed E-state index contributed by atoms with van der Waals surface area (Å²) in [4.78, 5) is 27.6. The van der Waals surface area contributed by atoms with E-state index in [9.17, 15) is 9.59 Å². The number of para-hydroxylation sites is 1. The van der Waals surface area contributed by atoms with Crippen molar-refractivity contribution in [3.63, 3.8) is 0 Å². The zero-order valence-corrected chi connectivity index (χ0v) is 19.4. The van der Waals surface area contributed by atoms with Gasteiger partial charge < -0.3 is 14.5 Å². The molecule has 1 unspecified atom stereocenters. The second kappa shape index (κ2) is 11.5. The zero-order chi connectivity index (χ0) is 22.9. The van der Waals surface area contributed by atoms with Crippen LogP contribution < -0.4 is 4.90 Å². The fourth-order valence-electron chi connectivity index (χ4n) is 4.36. The normalized spacial score (nSPS) is 23.8. The molecule has 1 aromatic rings. The van der Waals surface area contributed by atoms with Gasteiger partial charge in [0.25, 0.3) is 0 Å². The Balaban J connectivity index is 1.79. The van der Waals surface area contributed by atoms with Crippen LogP contribution in [0.15, 0.2) is 71.7 Å². The molecule has 1 amide bonds. The quantitative estimate of drug-likeness (QED) is 0.435. The van der Waals surface area contributed by atoms with Gasteiger partial charge in [0.2, 0.25) is 6.41 Å². The highest BCUT2D eigenvalue weighted by molar-refractivity contribution is 5.78. The van der Waals surface area contributed by atoms with Gasteiger partial charge in [-0.25, -0.2) is 0 Å². The summed E-state index contributed by atoms with van der Waals surface area (Å²) in [5, 5.41) is 0. The molecular weight excluding hydrogens is 400 g/mol. The molecule has 5 heteroatoms. The van der Waals surface area contributed by atoms with Gasteiger partial charge in [-0.1, -0.05) is 43.4 Å². The lowest BCUT2D eigenvalue weighted by atomic mass is 10.0. The number of anilines is 1. The first-order chi connectivity index (χ1) is 15.5. The lowest BCUT2D eigenvalue weighted by Crippen LogP contribution is -2.27. The Bertz CT molecular complexity index is 942. The average Bonchev–Trinajstić information content (AvgIpc) is 3.12.